The highest BCUT2D eigenvalue weighted by Crippen LogP contribution is 2.30. The van der Waals surface area contributed by atoms with Crippen molar-refractivity contribution in [2.45, 2.75) is 6.92 Å². The van der Waals surface area contributed by atoms with Gasteiger partial charge in [0.25, 0.3) is 5.69 Å². The van der Waals surface area contributed by atoms with Gasteiger partial charge in [-0.1, -0.05) is 41.4 Å². The van der Waals surface area contributed by atoms with Crippen LogP contribution in [0.15, 0.2) is 52.9 Å². The molecule has 0 saturated heterocycles. The van der Waals surface area contributed by atoms with Gasteiger partial charge in [-0.25, -0.2) is 4.98 Å². The predicted octanol–water partition coefficient (Wildman–Crippen LogP) is 5.86. The number of non-ortho nitro benzene ring substituents is 1. The molecular formula is C17H12Cl2N4O2S. The number of hydrazone groups is 1. The number of nitrogens with one attached hydrogen (secondary N) is 1. The number of nitro groups is 1. The van der Waals surface area contributed by atoms with Crippen molar-refractivity contribution in [3.8, 4) is 11.3 Å². The minimum atomic E-state index is -0.436. The van der Waals surface area contributed by atoms with Crippen LogP contribution in [0.4, 0.5) is 10.8 Å². The number of hydrogen-bond donors (Lipinski definition) is 1. The number of nitrogens with zero attached hydrogens (tertiary/aromatic N) is 3. The molecule has 0 bridgehead atoms. The molecule has 0 fully saturated rings. The van der Waals surface area contributed by atoms with Crippen molar-refractivity contribution in [1.82, 2.24) is 4.98 Å². The zero-order valence-corrected chi connectivity index (χ0v) is 15.8. The van der Waals surface area contributed by atoms with Crippen molar-refractivity contribution in [3.63, 3.8) is 0 Å². The summed E-state index contributed by atoms with van der Waals surface area (Å²) in [6.07, 6.45) is 0. The molecule has 0 aliphatic carbocycles. The third-order valence-electron chi connectivity index (χ3n) is 3.51. The first kappa shape index (κ1) is 18.3. The van der Waals surface area contributed by atoms with Gasteiger partial charge >= 0.3 is 0 Å². The molecule has 2 aromatic carbocycles. The summed E-state index contributed by atoms with van der Waals surface area (Å²) in [5, 5.41) is 18.5. The molecule has 9 heteroatoms. The molecule has 3 rings (SSSR count). The van der Waals surface area contributed by atoms with Crippen LogP contribution in [0.1, 0.15) is 12.5 Å². The Hall–Kier alpha value is -2.48. The summed E-state index contributed by atoms with van der Waals surface area (Å²) in [5.74, 6) is 0. The standard InChI is InChI=1S/C17H12Cl2N4O2S/c1-10(11-3-2-4-13(7-11)23(24)25)21-22-17-20-16(9-26-17)12-5-6-14(18)15(19)8-12/h2-9H,1H3,(H,20,22)/b21-10-. The van der Waals surface area contributed by atoms with E-state index in [0.29, 0.717) is 26.5 Å². The second kappa shape index (κ2) is 7.82. The van der Waals surface area contributed by atoms with E-state index in [2.05, 4.69) is 15.5 Å². The monoisotopic (exact) mass is 406 g/mol. The molecule has 1 heterocycles. The second-order valence-corrected chi connectivity index (χ2v) is 6.96. The van der Waals surface area contributed by atoms with Crippen LogP contribution in [0.2, 0.25) is 10.0 Å². The van der Waals surface area contributed by atoms with Crippen molar-refractivity contribution in [1.29, 1.82) is 0 Å². The van der Waals surface area contributed by atoms with Gasteiger partial charge < -0.3 is 0 Å². The van der Waals surface area contributed by atoms with Crippen LogP contribution in [0.25, 0.3) is 11.3 Å². The number of benzene rings is 2. The number of hydrogen-bond acceptors (Lipinski definition) is 6. The minimum Gasteiger partial charge on any atom is -0.258 e. The molecule has 0 atom stereocenters. The summed E-state index contributed by atoms with van der Waals surface area (Å²) in [7, 11) is 0. The van der Waals surface area contributed by atoms with Crippen molar-refractivity contribution in [2.24, 2.45) is 5.10 Å². The average molecular weight is 407 g/mol. The van der Waals surface area contributed by atoms with E-state index in [-0.39, 0.29) is 5.69 Å². The minimum absolute atomic E-state index is 0.0215. The number of halogens is 2. The SMILES string of the molecule is C/C(=N/Nc1nc(-c2ccc(Cl)c(Cl)c2)cs1)c1cccc([N+](=O)[O-])c1. The van der Waals surface area contributed by atoms with E-state index in [1.165, 1.54) is 23.5 Å². The molecule has 132 valence electrons. The van der Waals surface area contributed by atoms with E-state index >= 15 is 0 Å². The molecule has 0 saturated carbocycles. The normalized spacial score (nSPS) is 11.4. The Bertz CT molecular complexity index is 1000. The number of nitro benzene ring substituents is 1. The Morgan fingerprint density at radius 2 is 2.04 bits per heavy atom. The fourth-order valence-electron chi connectivity index (χ4n) is 2.15. The van der Waals surface area contributed by atoms with E-state index in [1.54, 1.807) is 31.2 Å². The lowest BCUT2D eigenvalue weighted by molar-refractivity contribution is -0.384. The smallest absolute Gasteiger partial charge is 0.258 e. The molecule has 3 aromatic rings. The van der Waals surface area contributed by atoms with E-state index in [4.69, 9.17) is 23.2 Å². The first-order chi connectivity index (χ1) is 12.4. The maximum atomic E-state index is 10.9. The van der Waals surface area contributed by atoms with E-state index in [1.807, 2.05) is 11.4 Å². The van der Waals surface area contributed by atoms with Crippen LogP contribution in [0.5, 0.6) is 0 Å². The van der Waals surface area contributed by atoms with Crippen LogP contribution in [-0.2, 0) is 0 Å². The molecule has 0 aliphatic heterocycles. The Kier molecular flexibility index (Phi) is 5.51. The molecule has 6 nitrogen and oxygen atoms in total. The third-order valence-corrected chi connectivity index (χ3v) is 5.00. The first-order valence-electron chi connectivity index (χ1n) is 7.40. The van der Waals surface area contributed by atoms with Gasteiger partial charge in [-0.15, -0.1) is 11.3 Å². The molecule has 0 aliphatic rings. The van der Waals surface area contributed by atoms with Crippen LogP contribution in [0.3, 0.4) is 0 Å². The average Bonchev–Trinajstić information content (AvgIpc) is 3.11. The molecule has 0 amide bonds. The lowest BCUT2D eigenvalue weighted by Crippen LogP contribution is -2.00. The van der Waals surface area contributed by atoms with Gasteiger partial charge in [-0.05, 0) is 19.1 Å². The molecule has 0 radical (unpaired) electrons. The maximum Gasteiger partial charge on any atom is 0.270 e. The van der Waals surface area contributed by atoms with Gasteiger partial charge in [-0.3, -0.25) is 15.5 Å². The first-order valence-corrected chi connectivity index (χ1v) is 9.03. The Labute approximate surface area is 163 Å². The van der Waals surface area contributed by atoms with E-state index in [9.17, 15) is 10.1 Å². The van der Waals surface area contributed by atoms with E-state index < -0.39 is 4.92 Å². The zero-order valence-electron chi connectivity index (χ0n) is 13.4. The van der Waals surface area contributed by atoms with Gasteiger partial charge in [-0.2, -0.15) is 5.10 Å². The Balaban J connectivity index is 1.76. The Morgan fingerprint density at radius 1 is 1.23 bits per heavy atom. The summed E-state index contributed by atoms with van der Waals surface area (Å²) in [6, 6.07) is 11.6. The van der Waals surface area contributed by atoms with Gasteiger partial charge in [0, 0.05) is 28.6 Å². The molecule has 0 spiro atoms. The van der Waals surface area contributed by atoms with Gasteiger partial charge in [0.1, 0.15) is 0 Å². The van der Waals surface area contributed by atoms with Crippen molar-refractivity contribution in [2.75, 3.05) is 5.43 Å². The largest absolute Gasteiger partial charge is 0.270 e. The topological polar surface area (TPSA) is 80.4 Å². The predicted molar refractivity (Wildman–Crippen MR) is 107 cm³/mol. The van der Waals surface area contributed by atoms with Crippen LogP contribution in [-0.4, -0.2) is 15.6 Å². The maximum absolute atomic E-state index is 10.9. The molecule has 0 unspecified atom stereocenters. The van der Waals surface area contributed by atoms with Crippen LogP contribution >= 0.6 is 34.5 Å². The van der Waals surface area contributed by atoms with Crippen LogP contribution < -0.4 is 5.43 Å². The lowest BCUT2D eigenvalue weighted by atomic mass is 10.1. The number of rotatable bonds is 5. The van der Waals surface area contributed by atoms with Gasteiger partial charge in [0.15, 0.2) is 0 Å². The highest BCUT2D eigenvalue weighted by Gasteiger charge is 2.09. The van der Waals surface area contributed by atoms with Crippen molar-refractivity contribution in [3.05, 3.63) is 73.6 Å². The second-order valence-electron chi connectivity index (χ2n) is 5.28. The zero-order chi connectivity index (χ0) is 18.7. The third kappa shape index (κ3) is 4.19. The summed E-state index contributed by atoms with van der Waals surface area (Å²) >= 11 is 13.3. The quantitative estimate of drug-likeness (QED) is 0.326. The van der Waals surface area contributed by atoms with Crippen LogP contribution in [0, 0.1) is 10.1 Å². The number of anilines is 1. The van der Waals surface area contributed by atoms with Crippen molar-refractivity contribution >= 4 is 51.1 Å². The summed E-state index contributed by atoms with van der Waals surface area (Å²) in [4.78, 5) is 14.9. The summed E-state index contributed by atoms with van der Waals surface area (Å²) in [5.41, 5.74) is 5.77. The van der Waals surface area contributed by atoms with Gasteiger partial charge in [0.05, 0.1) is 26.4 Å². The highest BCUT2D eigenvalue weighted by molar-refractivity contribution is 7.14. The summed E-state index contributed by atoms with van der Waals surface area (Å²) in [6.45, 7) is 1.76. The lowest BCUT2D eigenvalue weighted by Gasteiger charge is -2.02. The molecule has 26 heavy (non-hydrogen) atoms. The highest BCUT2D eigenvalue weighted by atomic mass is 35.5. The van der Waals surface area contributed by atoms with Gasteiger partial charge in [0.2, 0.25) is 5.13 Å². The summed E-state index contributed by atoms with van der Waals surface area (Å²) < 4.78 is 0. The Morgan fingerprint density at radius 3 is 2.77 bits per heavy atom. The molecule has 1 N–H and O–H groups in total. The fraction of sp³-hybridized carbons (Fsp3) is 0.0588. The molecular weight excluding hydrogens is 395 g/mol. The van der Waals surface area contributed by atoms with E-state index in [0.717, 1.165) is 11.3 Å². The number of aromatic nitrogens is 1. The van der Waals surface area contributed by atoms with Crippen molar-refractivity contribution < 1.29 is 4.92 Å². The molecule has 1 aromatic heterocycles. The fourth-order valence-corrected chi connectivity index (χ4v) is 3.11. The number of thiazole rings is 1.